The molecular formula is C7H14O6. The zero-order valence-corrected chi connectivity index (χ0v) is 7.00. The van der Waals surface area contributed by atoms with Crippen LogP contribution in [0.4, 0.5) is 0 Å². The second-order valence-electron chi connectivity index (χ2n) is 2.74. The number of aliphatic carboxylic acids is 1. The minimum Gasteiger partial charge on any atom is -0.481 e. The summed E-state index contributed by atoms with van der Waals surface area (Å²) in [5.41, 5.74) is 0. The molecule has 0 aliphatic heterocycles. The molecule has 3 atom stereocenters. The van der Waals surface area contributed by atoms with E-state index in [1.54, 1.807) is 0 Å². The summed E-state index contributed by atoms with van der Waals surface area (Å²) in [7, 11) is 0. The van der Waals surface area contributed by atoms with E-state index in [2.05, 4.69) is 0 Å². The van der Waals surface area contributed by atoms with E-state index >= 15 is 0 Å². The van der Waals surface area contributed by atoms with Gasteiger partial charge in [-0.1, -0.05) is 0 Å². The summed E-state index contributed by atoms with van der Waals surface area (Å²) in [6.07, 6.45) is -5.09. The van der Waals surface area contributed by atoms with Gasteiger partial charge in [0.15, 0.2) is 0 Å². The van der Waals surface area contributed by atoms with Gasteiger partial charge in [0.05, 0.1) is 18.6 Å². The number of carboxylic acid groups (broad SMARTS) is 1. The van der Waals surface area contributed by atoms with Crippen LogP contribution in [0.15, 0.2) is 0 Å². The third-order valence-electron chi connectivity index (χ3n) is 1.60. The quantitative estimate of drug-likeness (QED) is 0.331. The average Bonchev–Trinajstić information content (AvgIpc) is 2.02. The molecule has 0 heterocycles. The summed E-state index contributed by atoms with van der Waals surface area (Å²) >= 11 is 0. The van der Waals surface area contributed by atoms with Gasteiger partial charge < -0.3 is 25.5 Å². The van der Waals surface area contributed by atoms with Crippen LogP contribution in [0.5, 0.6) is 0 Å². The summed E-state index contributed by atoms with van der Waals surface area (Å²) in [5, 5.41) is 43.8. The summed E-state index contributed by atoms with van der Waals surface area (Å²) in [6.45, 7) is -0.335. The molecule has 13 heavy (non-hydrogen) atoms. The maximum atomic E-state index is 10.1. The first-order valence-corrected chi connectivity index (χ1v) is 3.86. The van der Waals surface area contributed by atoms with Crippen LogP contribution < -0.4 is 0 Å². The van der Waals surface area contributed by atoms with E-state index in [0.29, 0.717) is 0 Å². The molecule has 0 aromatic rings. The summed E-state index contributed by atoms with van der Waals surface area (Å²) < 4.78 is 0. The summed E-state index contributed by atoms with van der Waals surface area (Å²) in [6, 6.07) is 0. The standard InChI is InChI=1S/C7H14O6/c8-2-1-4(9)7(13)5(10)3-6(11)12/h4-5,7-10,13H,1-3H2,(H,11,12). The Labute approximate surface area is 75.1 Å². The first-order valence-electron chi connectivity index (χ1n) is 3.86. The van der Waals surface area contributed by atoms with Gasteiger partial charge in [-0.2, -0.15) is 0 Å². The first kappa shape index (κ1) is 12.3. The van der Waals surface area contributed by atoms with E-state index in [0.717, 1.165) is 0 Å². The minimum atomic E-state index is -1.54. The van der Waals surface area contributed by atoms with E-state index in [9.17, 15) is 4.79 Å². The summed E-state index contributed by atoms with van der Waals surface area (Å²) in [4.78, 5) is 10.1. The predicted molar refractivity (Wildman–Crippen MR) is 42.0 cm³/mol. The van der Waals surface area contributed by atoms with Crippen LogP contribution in [-0.2, 0) is 4.79 Å². The van der Waals surface area contributed by atoms with Crippen molar-refractivity contribution in [2.75, 3.05) is 6.61 Å². The molecule has 0 amide bonds. The fraction of sp³-hybridized carbons (Fsp3) is 0.857. The fourth-order valence-electron chi connectivity index (χ4n) is 0.859. The topological polar surface area (TPSA) is 118 Å². The van der Waals surface area contributed by atoms with Crippen LogP contribution >= 0.6 is 0 Å². The van der Waals surface area contributed by atoms with Crippen molar-refractivity contribution < 1.29 is 30.3 Å². The molecule has 0 rings (SSSR count). The normalized spacial score (nSPS) is 17.8. The molecule has 0 aliphatic carbocycles. The number of rotatable bonds is 6. The number of hydrogen-bond donors (Lipinski definition) is 5. The molecule has 0 radical (unpaired) electrons. The van der Waals surface area contributed by atoms with Gasteiger partial charge in [0.1, 0.15) is 6.10 Å². The van der Waals surface area contributed by atoms with Gasteiger partial charge in [-0.25, -0.2) is 0 Å². The second kappa shape index (κ2) is 5.87. The molecule has 6 nitrogen and oxygen atoms in total. The van der Waals surface area contributed by atoms with Crippen molar-refractivity contribution in [3.63, 3.8) is 0 Å². The highest BCUT2D eigenvalue weighted by atomic mass is 16.4. The Bertz CT molecular complexity index is 159. The van der Waals surface area contributed by atoms with Crippen molar-refractivity contribution in [3.05, 3.63) is 0 Å². The van der Waals surface area contributed by atoms with Crippen LogP contribution in [0.2, 0.25) is 0 Å². The molecule has 0 spiro atoms. The highest BCUT2D eigenvalue weighted by Crippen LogP contribution is 2.06. The minimum absolute atomic E-state index is 0.0994. The van der Waals surface area contributed by atoms with Gasteiger partial charge >= 0.3 is 5.97 Å². The number of aliphatic hydroxyl groups excluding tert-OH is 4. The van der Waals surface area contributed by atoms with Gasteiger partial charge in [0, 0.05) is 6.61 Å². The van der Waals surface area contributed by atoms with Gasteiger partial charge in [0.25, 0.3) is 0 Å². The molecule has 0 fully saturated rings. The van der Waals surface area contributed by atoms with Crippen molar-refractivity contribution >= 4 is 5.97 Å². The fourth-order valence-corrected chi connectivity index (χ4v) is 0.859. The van der Waals surface area contributed by atoms with Crippen molar-refractivity contribution in [2.24, 2.45) is 0 Å². The molecular weight excluding hydrogens is 180 g/mol. The lowest BCUT2D eigenvalue weighted by Crippen LogP contribution is -2.39. The lowest BCUT2D eigenvalue weighted by Gasteiger charge is -2.20. The molecule has 0 saturated heterocycles. The molecule has 5 N–H and O–H groups in total. The molecule has 0 aromatic heterocycles. The molecule has 78 valence electrons. The largest absolute Gasteiger partial charge is 0.481 e. The zero-order valence-electron chi connectivity index (χ0n) is 7.00. The van der Waals surface area contributed by atoms with Crippen molar-refractivity contribution in [1.29, 1.82) is 0 Å². The van der Waals surface area contributed by atoms with Crippen molar-refractivity contribution in [3.8, 4) is 0 Å². The lowest BCUT2D eigenvalue weighted by molar-refractivity contribution is -0.143. The number of carboxylic acids is 1. The monoisotopic (exact) mass is 194 g/mol. The Balaban J connectivity index is 3.92. The van der Waals surface area contributed by atoms with Gasteiger partial charge in [-0.15, -0.1) is 0 Å². The molecule has 0 bridgehead atoms. The predicted octanol–water partition coefficient (Wildman–Crippen LogP) is -2.07. The average molecular weight is 194 g/mol. The van der Waals surface area contributed by atoms with Crippen LogP contribution in [0, 0.1) is 0 Å². The summed E-state index contributed by atoms with van der Waals surface area (Å²) in [5.74, 6) is -1.26. The Kier molecular flexibility index (Phi) is 5.56. The second-order valence-corrected chi connectivity index (χ2v) is 2.74. The Morgan fingerprint density at radius 3 is 2.08 bits per heavy atom. The van der Waals surface area contributed by atoms with Crippen LogP contribution in [-0.4, -0.2) is 56.4 Å². The molecule has 0 aromatic carbocycles. The van der Waals surface area contributed by atoms with Gasteiger partial charge in [0.2, 0.25) is 0 Å². The third kappa shape index (κ3) is 4.79. The Morgan fingerprint density at radius 2 is 1.69 bits per heavy atom. The molecule has 3 unspecified atom stereocenters. The van der Waals surface area contributed by atoms with Crippen molar-refractivity contribution in [2.45, 2.75) is 31.2 Å². The third-order valence-corrected chi connectivity index (χ3v) is 1.60. The van der Waals surface area contributed by atoms with Crippen LogP contribution in [0.1, 0.15) is 12.8 Å². The first-order chi connectivity index (χ1) is 5.99. The maximum Gasteiger partial charge on any atom is 0.306 e. The lowest BCUT2D eigenvalue weighted by atomic mass is 10.0. The van der Waals surface area contributed by atoms with E-state index < -0.39 is 30.7 Å². The highest BCUT2D eigenvalue weighted by molar-refractivity contribution is 5.67. The van der Waals surface area contributed by atoms with Gasteiger partial charge in [-0.3, -0.25) is 4.79 Å². The molecule has 0 aliphatic rings. The number of hydrogen-bond acceptors (Lipinski definition) is 5. The van der Waals surface area contributed by atoms with Gasteiger partial charge in [-0.05, 0) is 6.42 Å². The molecule has 6 heteroatoms. The highest BCUT2D eigenvalue weighted by Gasteiger charge is 2.25. The SMILES string of the molecule is O=C(O)CC(O)C(O)C(O)CCO. The zero-order chi connectivity index (χ0) is 10.4. The smallest absolute Gasteiger partial charge is 0.306 e. The number of aliphatic hydroxyl groups is 4. The number of carbonyl (C=O) groups is 1. The van der Waals surface area contributed by atoms with E-state index in [1.165, 1.54) is 0 Å². The Morgan fingerprint density at radius 1 is 1.15 bits per heavy atom. The van der Waals surface area contributed by atoms with Crippen LogP contribution in [0.3, 0.4) is 0 Å². The Hall–Kier alpha value is -0.690. The van der Waals surface area contributed by atoms with E-state index in [1.807, 2.05) is 0 Å². The van der Waals surface area contributed by atoms with E-state index in [-0.39, 0.29) is 13.0 Å². The van der Waals surface area contributed by atoms with E-state index in [4.69, 9.17) is 25.5 Å². The van der Waals surface area contributed by atoms with Crippen molar-refractivity contribution in [1.82, 2.24) is 0 Å². The molecule has 0 saturated carbocycles. The van der Waals surface area contributed by atoms with Crippen LogP contribution in [0.25, 0.3) is 0 Å². The maximum absolute atomic E-state index is 10.1.